The highest BCUT2D eigenvalue weighted by molar-refractivity contribution is 9.10. The summed E-state index contributed by atoms with van der Waals surface area (Å²) in [7, 11) is 1.52. The molecule has 0 saturated carbocycles. The second-order valence-corrected chi connectivity index (χ2v) is 10.3. The average molecular weight is 634 g/mol. The monoisotopic (exact) mass is 632 g/mol. The van der Waals surface area contributed by atoms with Crippen LogP contribution in [0.1, 0.15) is 11.1 Å². The lowest BCUT2D eigenvalue weighted by molar-refractivity contribution is -0.120. The highest BCUT2D eigenvalue weighted by atomic mass is 79.9. The fourth-order valence-electron chi connectivity index (χ4n) is 4.23. The van der Waals surface area contributed by atoms with E-state index in [0.29, 0.717) is 37.9 Å². The number of para-hydroxylation sites is 2. The van der Waals surface area contributed by atoms with E-state index in [9.17, 15) is 9.59 Å². The molecule has 1 aliphatic heterocycles. The summed E-state index contributed by atoms with van der Waals surface area (Å²) in [4.78, 5) is 30.3. The molecule has 0 atom stereocenters. The summed E-state index contributed by atoms with van der Waals surface area (Å²) < 4.78 is 12.2. The van der Waals surface area contributed by atoms with E-state index in [1.54, 1.807) is 66.7 Å². The van der Waals surface area contributed by atoms with Crippen molar-refractivity contribution >= 4 is 74.1 Å². The lowest BCUT2D eigenvalue weighted by Gasteiger charge is -2.36. The molecule has 1 saturated heterocycles. The van der Waals surface area contributed by atoms with Gasteiger partial charge in [-0.25, -0.2) is 0 Å². The Balaban J connectivity index is 1.55. The van der Waals surface area contributed by atoms with Crippen molar-refractivity contribution < 1.29 is 19.1 Å². The highest BCUT2D eigenvalue weighted by Gasteiger charge is 2.41. The molecular formula is C31H22BrClN2O4S. The van der Waals surface area contributed by atoms with Crippen LogP contribution in [-0.2, 0) is 16.2 Å². The lowest BCUT2D eigenvalue weighted by atomic mass is 10.0. The lowest BCUT2D eigenvalue weighted by Crippen LogP contribution is -2.56. The molecule has 40 heavy (non-hydrogen) atoms. The van der Waals surface area contributed by atoms with Crippen LogP contribution in [0.2, 0.25) is 5.02 Å². The largest absolute Gasteiger partial charge is 0.493 e. The van der Waals surface area contributed by atoms with Crippen LogP contribution in [-0.4, -0.2) is 24.0 Å². The molecule has 0 unspecified atom stereocenters. The van der Waals surface area contributed by atoms with Crippen LogP contribution >= 0.6 is 39.7 Å². The van der Waals surface area contributed by atoms with E-state index in [0.717, 1.165) is 5.56 Å². The van der Waals surface area contributed by atoms with Crippen LogP contribution in [0.15, 0.2) is 107 Å². The zero-order valence-electron chi connectivity index (χ0n) is 21.2. The molecule has 4 aromatic carbocycles. The maximum absolute atomic E-state index is 13.8. The molecule has 0 bridgehead atoms. The molecule has 200 valence electrons. The molecule has 4 aromatic rings. The van der Waals surface area contributed by atoms with Crippen LogP contribution in [0.3, 0.4) is 0 Å². The molecule has 0 radical (unpaired) electrons. The maximum Gasteiger partial charge on any atom is 0.270 e. The summed E-state index contributed by atoms with van der Waals surface area (Å²) >= 11 is 15.5. The molecule has 0 aromatic heterocycles. The van der Waals surface area contributed by atoms with Gasteiger partial charge in [-0.05, 0) is 82.3 Å². The Kier molecular flexibility index (Phi) is 8.30. The number of hydrogen-bond donors (Lipinski definition) is 0. The van der Waals surface area contributed by atoms with Crippen LogP contribution in [0, 0.1) is 0 Å². The van der Waals surface area contributed by atoms with Gasteiger partial charge in [0.1, 0.15) is 12.2 Å². The van der Waals surface area contributed by atoms with Gasteiger partial charge < -0.3 is 9.47 Å². The van der Waals surface area contributed by atoms with Crippen molar-refractivity contribution in [2.45, 2.75) is 6.61 Å². The molecular weight excluding hydrogens is 612 g/mol. The van der Waals surface area contributed by atoms with Crippen molar-refractivity contribution in [3.63, 3.8) is 0 Å². The Labute approximate surface area is 250 Å². The number of nitrogens with zero attached hydrogens (tertiary/aromatic N) is 2. The van der Waals surface area contributed by atoms with Crippen molar-refractivity contribution in [1.82, 2.24) is 0 Å². The predicted octanol–water partition coefficient (Wildman–Crippen LogP) is 7.44. The quantitative estimate of drug-likeness (QED) is 0.120. The van der Waals surface area contributed by atoms with E-state index in [4.69, 9.17) is 33.3 Å². The van der Waals surface area contributed by atoms with Gasteiger partial charge in [-0.3, -0.25) is 19.4 Å². The zero-order chi connectivity index (χ0) is 28.2. The number of thiocarbonyl (C=S) groups is 1. The fourth-order valence-corrected chi connectivity index (χ4v) is 5.38. The van der Waals surface area contributed by atoms with Gasteiger partial charge in [0, 0.05) is 10.6 Å². The number of hydrogen-bond acceptors (Lipinski definition) is 5. The molecule has 2 amide bonds. The SMILES string of the molecule is COc1cc(C=C2C(=O)N(c3ccccc3)C(=S)N(c3ccccc3)C2=O)cc(Br)c1OCc1ccccc1Cl. The van der Waals surface area contributed by atoms with E-state index in [1.807, 2.05) is 30.3 Å². The molecule has 0 spiro atoms. The minimum atomic E-state index is -0.525. The van der Waals surface area contributed by atoms with Crippen molar-refractivity contribution in [2.75, 3.05) is 16.9 Å². The van der Waals surface area contributed by atoms with Gasteiger partial charge >= 0.3 is 0 Å². The van der Waals surface area contributed by atoms with E-state index in [1.165, 1.54) is 23.0 Å². The second-order valence-electron chi connectivity index (χ2n) is 8.71. The molecule has 1 heterocycles. The number of amides is 2. The first-order chi connectivity index (χ1) is 19.4. The standard InChI is InChI=1S/C31H22BrClN2O4S/c1-38-27-18-20(17-25(32)28(27)39-19-21-10-8-9-15-26(21)33)16-24-29(36)34(22-11-4-2-5-12-22)31(40)35(30(24)37)23-13-6-3-7-14-23/h2-18H,19H2,1H3. The zero-order valence-corrected chi connectivity index (χ0v) is 24.4. The average Bonchev–Trinajstić information content (AvgIpc) is 2.96. The van der Waals surface area contributed by atoms with Crippen molar-refractivity contribution in [3.05, 3.63) is 123 Å². The van der Waals surface area contributed by atoms with Crippen LogP contribution in [0.5, 0.6) is 11.5 Å². The Morgan fingerprint density at radius 2 is 1.40 bits per heavy atom. The molecule has 0 N–H and O–H groups in total. The van der Waals surface area contributed by atoms with Gasteiger partial charge in [0.05, 0.1) is 23.0 Å². The molecule has 5 rings (SSSR count). The summed E-state index contributed by atoms with van der Waals surface area (Å²) in [6.07, 6.45) is 1.53. The first-order valence-corrected chi connectivity index (χ1v) is 13.8. The number of benzene rings is 4. The number of ether oxygens (including phenoxy) is 2. The second kappa shape index (κ2) is 12.0. The summed E-state index contributed by atoms with van der Waals surface area (Å²) in [5.41, 5.74) is 2.43. The van der Waals surface area contributed by atoms with Crippen LogP contribution in [0.4, 0.5) is 11.4 Å². The van der Waals surface area contributed by atoms with Crippen molar-refractivity contribution in [1.29, 1.82) is 0 Å². The number of rotatable bonds is 7. The van der Waals surface area contributed by atoms with Gasteiger partial charge in [0.25, 0.3) is 11.8 Å². The minimum Gasteiger partial charge on any atom is -0.493 e. The first-order valence-electron chi connectivity index (χ1n) is 12.2. The smallest absolute Gasteiger partial charge is 0.270 e. The fraction of sp³-hybridized carbons (Fsp3) is 0.0645. The van der Waals surface area contributed by atoms with Gasteiger partial charge in [0.15, 0.2) is 16.6 Å². The topological polar surface area (TPSA) is 59.1 Å². The normalized spacial score (nSPS) is 13.5. The predicted molar refractivity (Wildman–Crippen MR) is 165 cm³/mol. The number of anilines is 2. The third-order valence-corrected chi connectivity index (χ3v) is 7.49. The number of carbonyl (C=O) groups excluding carboxylic acids is 2. The van der Waals surface area contributed by atoms with E-state index >= 15 is 0 Å². The Morgan fingerprint density at radius 1 is 0.850 bits per heavy atom. The van der Waals surface area contributed by atoms with Gasteiger partial charge in [-0.1, -0.05) is 66.2 Å². The van der Waals surface area contributed by atoms with Gasteiger partial charge in [-0.2, -0.15) is 0 Å². The molecule has 1 aliphatic rings. The van der Waals surface area contributed by atoms with Gasteiger partial charge in [0.2, 0.25) is 0 Å². The summed E-state index contributed by atoms with van der Waals surface area (Å²) in [5.74, 6) is -0.173. The summed E-state index contributed by atoms with van der Waals surface area (Å²) in [5, 5.41) is 0.670. The Bertz CT molecular complexity index is 1570. The third kappa shape index (κ3) is 5.51. The van der Waals surface area contributed by atoms with Crippen LogP contribution < -0.4 is 19.3 Å². The Hall–Kier alpha value is -3.98. The molecule has 0 aliphatic carbocycles. The minimum absolute atomic E-state index is 0.0556. The summed E-state index contributed by atoms with van der Waals surface area (Å²) in [6.45, 7) is 0.224. The highest BCUT2D eigenvalue weighted by Crippen LogP contribution is 2.39. The van der Waals surface area contributed by atoms with Crippen molar-refractivity contribution in [3.8, 4) is 11.5 Å². The molecule has 1 fully saturated rings. The van der Waals surface area contributed by atoms with Crippen molar-refractivity contribution in [2.24, 2.45) is 0 Å². The van der Waals surface area contributed by atoms with Crippen LogP contribution in [0.25, 0.3) is 6.08 Å². The molecule has 6 nitrogen and oxygen atoms in total. The number of carbonyl (C=O) groups is 2. The number of halogens is 2. The molecule has 9 heteroatoms. The van der Waals surface area contributed by atoms with E-state index in [-0.39, 0.29) is 17.3 Å². The van der Waals surface area contributed by atoms with E-state index in [2.05, 4.69) is 15.9 Å². The third-order valence-electron chi connectivity index (χ3n) is 6.17. The van der Waals surface area contributed by atoms with Gasteiger partial charge in [-0.15, -0.1) is 0 Å². The maximum atomic E-state index is 13.8. The van der Waals surface area contributed by atoms with E-state index < -0.39 is 11.8 Å². The Morgan fingerprint density at radius 3 is 1.95 bits per heavy atom. The number of methoxy groups -OCH3 is 1. The first kappa shape index (κ1) is 27.6. The summed E-state index contributed by atoms with van der Waals surface area (Å²) in [6, 6.07) is 28.9.